The Hall–Kier alpha value is -0.970. The van der Waals surface area contributed by atoms with Crippen LogP contribution in [0.25, 0.3) is 0 Å². The molecule has 1 atom stereocenters. The number of nitrogens with one attached hydrogen (secondary N) is 1. The number of nitrogens with zero attached hydrogens (tertiary/aromatic N) is 2. The first-order chi connectivity index (χ1) is 7.04. The predicted octanol–water partition coefficient (Wildman–Crippen LogP) is 0.719. The van der Waals surface area contributed by atoms with Crippen LogP contribution in [0.5, 0.6) is 0 Å². The second-order valence-electron chi connectivity index (χ2n) is 3.80. The van der Waals surface area contributed by atoms with Crippen LogP contribution in [0.3, 0.4) is 0 Å². The standard InChI is InChI=1S/C11H22N3O/c1-5-8-12-9-7-10-13-11(15)14(3,4)6-2/h5,7-9,11,13,15H,1,6,10H2,2-4H3/q+1. The van der Waals surface area contributed by atoms with Crippen LogP contribution < -0.4 is 5.32 Å². The SMILES string of the molecule is C=CC=NC=CCNC(O)[N+](C)(C)CC. The van der Waals surface area contributed by atoms with E-state index in [1.54, 1.807) is 18.5 Å². The summed E-state index contributed by atoms with van der Waals surface area (Å²) in [6, 6.07) is 0. The number of aliphatic hydroxyl groups excluding tert-OH is 1. The summed E-state index contributed by atoms with van der Waals surface area (Å²) in [6.45, 7) is 7.01. The number of allylic oxidation sites excluding steroid dienone is 1. The van der Waals surface area contributed by atoms with E-state index in [4.69, 9.17) is 0 Å². The van der Waals surface area contributed by atoms with Crippen molar-refractivity contribution in [2.24, 2.45) is 4.99 Å². The van der Waals surface area contributed by atoms with E-state index in [2.05, 4.69) is 16.9 Å². The van der Waals surface area contributed by atoms with Crippen molar-refractivity contribution in [3.63, 3.8) is 0 Å². The Morgan fingerprint density at radius 1 is 1.53 bits per heavy atom. The maximum absolute atomic E-state index is 9.75. The van der Waals surface area contributed by atoms with E-state index in [1.165, 1.54) is 0 Å². The third-order valence-corrected chi connectivity index (χ3v) is 2.28. The molecule has 0 saturated carbocycles. The van der Waals surface area contributed by atoms with Gasteiger partial charge in [-0.1, -0.05) is 18.7 Å². The monoisotopic (exact) mass is 212 g/mol. The molecule has 0 spiro atoms. The second kappa shape index (κ2) is 7.34. The summed E-state index contributed by atoms with van der Waals surface area (Å²) in [5.74, 6) is 0. The Morgan fingerprint density at radius 3 is 2.73 bits per heavy atom. The van der Waals surface area contributed by atoms with Crippen molar-refractivity contribution in [3.8, 4) is 0 Å². The first-order valence-electron chi connectivity index (χ1n) is 5.08. The van der Waals surface area contributed by atoms with E-state index >= 15 is 0 Å². The highest BCUT2D eigenvalue weighted by molar-refractivity contribution is 5.70. The van der Waals surface area contributed by atoms with Gasteiger partial charge in [0.25, 0.3) is 6.35 Å². The lowest BCUT2D eigenvalue weighted by Gasteiger charge is -2.33. The van der Waals surface area contributed by atoms with Gasteiger partial charge in [0, 0.05) is 19.0 Å². The molecule has 86 valence electrons. The van der Waals surface area contributed by atoms with Gasteiger partial charge >= 0.3 is 0 Å². The topological polar surface area (TPSA) is 44.6 Å². The number of aliphatic hydroxyl groups is 1. The molecule has 0 saturated heterocycles. The molecule has 0 bridgehead atoms. The Labute approximate surface area is 92.2 Å². The molecule has 0 amide bonds. The normalized spacial score (nSPS) is 14.9. The molecule has 1 unspecified atom stereocenters. The van der Waals surface area contributed by atoms with Crippen LogP contribution in [0.2, 0.25) is 0 Å². The first-order valence-corrected chi connectivity index (χ1v) is 5.08. The minimum Gasteiger partial charge on any atom is -0.332 e. The fraction of sp³-hybridized carbons (Fsp3) is 0.545. The third kappa shape index (κ3) is 6.17. The van der Waals surface area contributed by atoms with Crippen molar-refractivity contribution >= 4 is 6.21 Å². The predicted molar refractivity (Wildman–Crippen MR) is 64.5 cm³/mol. The highest BCUT2D eigenvalue weighted by Crippen LogP contribution is 1.99. The van der Waals surface area contributed by atoms with Gasteiger partial charge in [-0.15, -0.1) is 0 Å². The molecule has 15 heavy (non-hydrogen) atoms. The van der Waals surface area contributed by atoms with E-state index in [-0.39, 0.29) is 0 Å². The van der Waals surface area contributed by atoms with Crippen molar-refractivity contribution < 1.29 is 9.59 Å². The van der Waals surface area contributed by atoms with Gasteiger partial charge in [-0.3, -0.25) is 9.48 Å². The summed E-state index contributed by atoms with van der Waals surface area (Å²) in [5, 5.41) is 12.7. The van der Waals surface area contributed by atoms with E-state index in [0.717, 1.165) is 6.54 Å². The summed E-state index contributed by atoms with van der Waals surface area (Å²) < 4.78 is 0.532. The molecule has 0 aliphatic carbocycles. The Balaban J connectivity index is 3.81. The van der Waals surface area contributed by atoms with Crippen LogP contribution in [0.4, 0.5) is 0 Å². The zero-order chi connectivity index (χ0) is 11.7. The minimum atomic E-state index is -0.553. The van der Waals surface area contributed by atoms with Crippen LogP contribution in [0, 0.1) is 0 Å². The molecular formula is C11H22N3O+. The van der Waals surface area contributed by atoms with Gasteiger partial charge in [-0.25, -0.2) is 5.32 Å². The molecule has 0 aromatic heterocycles. The highest BCUT2D eigenvalue weighted by atomic mass is 16.3. The van der Waals surface area contributed by atoms with Gasteiger partial charge in [0.05, 0.1) is 20.6 Å². The first kappa shape index (κ1) is 14.0. The summed E-state index contributed by atoms with van der Waals surface area (Å²) in [7, 11) is 3.94. The summed E-state index contributed by atoms with van der Waals surface area (Å²) in [4.78, 5) is 3.92. The maximum Gasteiger partial charge on any atom is 0.250 e. The van der Waals surface area contributed by atoms with Gasteiger partial charge in [-0.2, -0.15) is 0 Å². The van der Waals surface area contributed by atoms with Crippen molar-refractivity contribution in [2.45, 2.75) is 13.3 Å². The molecule has 0 aromatic carbocycles. The lowest BCUT2D eigenvalue weighted by Crippen LogP contribution is -2.55. The quantitative estimate of drug-likeness (QED) is 0.371. The maximum atomic E-state index is 9.75. The molecule has 0 aromatic rings. The Kier molecular flexibility index (Phi) is 6.86. The number of quaternary nitrogens is 1. The number of aliphatic imine (C=N–C) groups is 1. The van der Waals surface area contributed by atoms with E-state index in [1.807, 2.05) is 27.1 Å². The van der Waals surface area contributed by atoms with Crippen LogP contribution in [0.1, 0.15) is 6.92 Å². The van der Waals surface area contributed by atoms with Gasteiger partial charge < -0.3 is 5.11 Å². The average molecular weight is 212 g/mol. The van der Waals surface area contributed by atoms with Crippen LogP contribution in [0.15, 0.2) is 29.9 Å². The zero-order valence-corrected chi connectivity index (χ0v) is 9.85. The fourth-order valence-corrected chi connectivity index (χ4v) is 0.818. The molecule has 2 N–H and O–H groups in total. The summed E-state index contributed by atoms with van der Waals surface area (Å²) >= 11 is 0. The minimum absolute atomic E-state index is 0.532. The molecule has 0 radical (unpaired) electrons. The Morgan fingerprint density at radius 2 is 2.20 bits per heavy atom. The second-order valence-corrected chi connectivity index (χ2v) is 3.80. The van der Waals surface area contributed by atoms with Gasteiger partial charge in [-0.05, 0) is 6.92 Å². The zero-order valence-electron chi connectivity index (χ0n) is 9.85. The molecule has 4 nitrogen and oxygen atoms in total. The summed E-state index contributed by atoms with van der Waals surface area (Å²) in [6.07, 6.45) is 6.19. The molecular weight excluding hydrogens is 190 g/mol. The van der Waals surface area contributed by atoms with Crippen molar-refractivity contribution in [2.75, 3.05) is 27.2 Å². The number of hydrogen-bond acceptors (Lipinski definition) is 3. The third-order valence-electron chi connectivity index (χ3n) is 2.28. The lowest BCUT2D eigenvalue weighted by molar-refractivity contribution is -0.938. The molecule has 0 aliphatic rings. The van der Waals surface area contributed by atoms with Crippen molar-refractivity contribution in [3.05, 3.63) is 24.9 Å². The molecule has 0 heterocycles. The van der Waals surface area contributed by atoms with E-state index < -0.39 is 6.35 Å². The lowest BCUT2D eigenvalue weighted by atomic mass is 10.5. The number of hydrogen-bond donors (Lipinski definition) is 2. The molecule has 0 aliphatic heterocycles. The average Bonchev–Trinajstić information content (AvgIpc) is 2.22. The van der Waals surface area contributed by atoms with Gasteiger partial charge in [0.1, 0.15) is 0 Å². The summed E-state index contributed by atoms with van der Waals surface area (Å²) in [5.41, 5.74) is 0. The van der Waals surface area contributed by atoms with Crippen molar-refractivity contribution in [1.82, 2.24) is 5.32 Å². The smallest absolute Gasteiger partial charge is 0.250 e. The van der Waals surface area contributed by atoms with E-state index in [9.17, 15) is 5.11 Å². The van der Waals surface area contributed by atoms with Crippen LogP contribution >= 0.6 is 0 Å². The van der Waals surface area contributed by atoms with Crippen LogP contribution in [-0.2, 0) is 0 Å². The number of rotatable bonds is 7. The van der Waals surface area contributed by atoms with Crippen molar-refractivity contribution in [1.29, 1.82) is 0 Å². The highest BCUT2D eigenvalue weighted by Gasteiger charge is 2.22. The largest absolute Gasteiger partial charge is 0.332 e. The molecule has 4 heteroatoms. The van der Waals surface area contributed by atoms with Gasteiger partial charge in [0.15, 0.2) is 0 Å². The van der Waals surface area contributed by atoms with Gasteiger partial charge in [0.2, 0.25) is 0 Å². The van der Waals surface area contributed by atoms with E-state index in [0.29, 0.717) is 11.0 Å². The fourth-order valence-electron chi connectivity index (χ4n) is 0.818. The molecule has 0 fully saturated rings. The molecule has 0 rings (SSSR count). The van der Waals surface area contributed by atoms with Crippen LogP contribution in [-0.4, -0.2) is 49.3 Å². The Bertz CT molecular complexity index is 234.